The summed E-state index contributed by atoms with van der Waals surface area (Å²) in [7, 11) is 0. The second-order valence-electron chi connectivity index (χ2n) is 8.59. The molecule has 1 amide bonds. The zero-order valence-electron chi connectivity index (χ0n) is 17.7. The molecule has 1 saturated heterocycles. The van der Waals surface area contributed by atoms with E-state index in [0.717, 1.165) is 68.5 Å². The van der Waals surface area contributed by atoms with E-state index < -0.39 is 11.6 Å². The molecule has 2 aliphatic rings. The van der Waals surface area contributed by atoms with Gasteiger partial charge in [-0.2, -0.15) is 0 Å². The highest BCUT2D eigenvalue weighted by Crippen LogP contribution is 2.32. The van der Waals surface area contributed by atoms with Crippen molar-refractivity contribution in [1.82, 2.24) is 19.9 Å². The van der Waals surface area contributed by atoms with Gasteiger partial charge in [0.05, 0.1) is 0 Å². The largest absolute Gasteiger partial charge is 0.347 e. The van der Waals surface area contributed by atoms with Gasteiger partial charge in [0.25, 0.3) is 5.91 Å². The van der Waals surface area contributed by atoms with Crippen LogP contribution in [0.2, 0.25) is 0 Å². The Bertz CT molecular complexity index is 1120. The van der Waals surface area contributed by atoms with Crippen LogP contribution in [0, 0.1) is 17.6 Å². The lowest BCUT2D eigenvalue weighted by Crippen LogP contribution is -2.26. The van der Waals surface area contributed by atoms with Gasteiger partial charge in [0, 0.05) is 67.5 Å². The smallest absolute Gasteiger partial charge is 0.268 e. The Morgan fingerprint density at radius 2 is 1.81 bits per heavy atom. The second kappa shape index (κ2) is 8.68. The molecule has 0 spiro atoms. The SMILES string of the molecule is O=C(NCc1ccc(F)cc1F)c1cc(-c2cnc(N3CCCC3)nc2)cn1CC1CC1. The number of nitrogens with one attached hydrogen (secondary N) is 1. The summed E-state index contributed by atoms with van der Waals surface area (Å²) in [5, 5.41) is 2.76. The van der Waals surface area contributed by atoms with Crippen LogP contribution in [0.15, 0.2) is 42.9 Å². The molecule has 1 aromatic carbocycles. The fourth-order valence-electron chi connectivity index (χ4n) is 4.07. The van der Waals surface area contributed by atoms with Gasteiger partial charge in [-0.15, -0.1) is 0 Å². The molecule has 5 rings (SSSR count). The third kappa shape index (κ3) is 4.49. The van der Waals surface area contributed by atoms with Crippen LogP contribution < -0.4 is 10.2 Å². The summed E-state index contributed by atoms with van der Waals surface area (Å²) in [6.07, 6.45) is 10.2. The summed E-state index contributed by atoms with van der Waals surface area (Å²) >= 11 is 0. The molecule has 1 N–H and O–H groups in total. The Morgan fingerprint density at radius 3 is 2.50 bits per heavy atom. The first-order valence-corrected chi connectivity index (χ1v) is 11.1. The number of hydrogen-bond acceptors (Lipinski definition) is 4. The highest BCUT2D eigenvalue weighted by atomic mass is 19.1. The van der Waals surface area contributed by atoms with Crippen molar-refractivity contribution >= 4 is 11.9 Å². The van der Waals surface area contributed by atoms with E-state index in [-0.39, 0.29) is 18.0 Å². The van der Waals surface area contributed by atoms with Gasteiger partial charge in [-0.05, 0) is 43.7 Å². The number of hydrogen-bond donors (Lipinski definition) is 1. The number of aromatic nitrogens is 3. The molecule has 8 heteroatoms. The molecule has 166 valence electrons. The van der Waals surface area contributed by atoms with Gasteiger partial charge in [0.1, 0.15) is 17.3 Å². The topological polar surface area (TPSA) is 63.1 Å². The minimum Gasteiger partial charge on any atom is -0.347 e. The van der Waals surface area contributed by atoms with Gasteiger partial charge >= 0.3 is 0 Å². The quantitative estimate of drug-likeness (QED) is 0.603. The lowest BCUT2D eigenvalue weighted by atomic mass is 10.2. The molecule has 32 heavy (non-hydrogen) atoms. The van der Waals surface area contributed by atoms with Crippen LogP contribution in [0.25, 0.3) is 11.1 Å². The predicted molar refractivity (Wildman–Crippen MR) is 117 cm³/mol. The van der Waals surface area contributed by atoms with E-state index in [0.29, 0.717) is 11.6 Å². The van der Waals surface area contributed by atoms with Crippen LogP contribution in [0.3, 0.4) is 0 Å². The van der Waals surface area contributed by atoms with Crippen LogP contribution in [0.4, 0.5) is 14.7 Å². The number of carbonyl (C=O) groups excluding carboxylic acids is 1. The van der Waals surface area contributed by atoms with E-state index in [2.05, 4.69) is 20.2 Å². The molecular formula is C24H25F2N5O. The van der Waals surface area contributed by atoms with Crippen molar-refractivity contribution in [1.29, 1.82) is 0 Å². The summed E-state index contributed by atoms with van der Waals surface area (Å²) in [6, 6.07) is 5.18. The van der Waals surface area contributed by atoms with Gasteiger partial charge in [-0.25, -0.2) is 18.7 Å². The monoisotopic (exact) mass is 437 g/mol. The standard InChI is InChI=1S/C24H25F2N5O/c25-20-6-5-17(21(26)10-20)11-27-23(32)22-9-18(15-31(22)14-16-3-4-16)19-12-28-24(29-13-19)30-7-1-2-8-30/h5-6,9-10,12-13,15-16H,1-4,7-8,11,14H2,(H,27,32). The van der Waals surface area contributed by atoms with Crippen molar-refractivity contribution < 1.29 is 13.6 Å². The van der Waals surface area contributed by atoms with Gasteiger partial charge in [0.15, 0.2) is 0 Å². The van der Waals surface area contributed by atoms with E-state index >= 15 is 0 Å². The third-order valence-electron chi connectivity index (χ3n) is 6.10. The highest BCUT2D eigenvalue weighted by molar-refractivity contribution is 5.94. The van der Waals surface area contributed by atoms with Crippen LogP contribution in [-0.2, 0) is 13.1 Å². The molecule has 1 aliphatic heterocycles. The molecule has 0 radical (unpaired) electrons. The van der Waals surface area contributed by atoms with Crippen LogP contribution in [0.1, 0.15) is 41.7 Å². The first kappa shape index (κ1) is 20.6. The molecule has 0 atom stereocenters. The normalized spacial score (nSPS) is 15.9. The van der Waals surface area contributed by atoms with Gasteiger partial charge in [-0.1, -0.05) is 6.07 Å². The Hall–Kier alpha value is -3.29. The summed E-state index contributed by atoms with van der Waals surface area (Å²) in [5.74, 6) is -0.295. The van der Waals surface area contributed by atoms with Crippen molar-refractivity contribution in [2.24, 2.45) is 5.92 Å². The Kier molecular flexibility index (Phi) is 5.59. The number of nitrogens with zero attached hydrogens (tertiary/aromatic N) is 4. The fourth-order valence-corrected chi connectivity index (χ4v) is 4.07. The van der Waals surface area contributed by atoms with E-state index in [4.69, 9.17) is 0 Å². The third-order valence-corrected chi connectivity index (χ3v) is 6.10. The number of anilines is 1. The lowest BCUT2D eigenvalue weighted by Gasteiger charge is -2.14. The number of carbonyl (C=O) groups is 1. The van der Waals surface area contributed by atoms with Crippen molar-refractivity contribution in [2.75, 3.05) is 18.0 Å². The number of rotatable bonds is 7. The molecule has 0 unspecified atom stereocenters. The first-order chi connectivity index (χ1) is 15.6. The molecule has 1 aliphatic carbocycles. The molecular weight excluding hydrogens is 412 g/mol. The summed E-state index contributed by atoms with van der Waals surface area (Å²) in [5.41, 5.74) is 2.47. The molecule has 0 bridgehead atoms. The zero-order valence-corrected chi connectivity index (χ0v) is 17.7. The Morgan fingerprint density at radius 1 is 1.06 bits per heavy atom. The summed E-state index contributed by atoms with van der Waals surface area (Å²) in [4.78, 5) is 24.1. The van der Waals surface area contributed by atoms with Crippen LogP contribution in [0.5, 0.6) is 0 Å². The highest BCUT2D eigenvalue weighted by Gasteiger charge is 2.25. The van der Waals surface area contributed by atoms with Crippen molar-refractivity contribution in [2.45, 2.75) is 38.8 Å². The fraction of sp³-hybridized carbons (Fsp3) is 0.375. The summed E-state index contributed by atoms with van der Waals surface area (Å²) < 4.78 is 29.0. The van der Waals surface area contributed by atoms with Crippen molar-refractivity contribution in [3.8, 4) is 11.1 Å². The zero-order chi connectivity index (χ0) is 22.1. The van der Waals surface area contributed by atoms with E-state index in [1.165, 1.54) is 12.1 Å². The van der Waals surface area contributed by atoms with E-state index in [1.807, 2.05) is 16.8 Å². The molecule has 2 aromatic heterocycles. The Labute approximate surface area is 185 Å². The predicted octanol–water partition coefficient (Wildman–Crippen LogP) is 4.16. The van der Waals surface area contributed by atoms with Gasteiger partial charge < -0.3 is 14.8 Å². The molecule has 6 nitrogen and oxygen atoms in total. The maximum atomic E-state index is 13.9. The molecule has 3 heterocycles. The molecule has 3 aromatic rings. The van der Waals surface area contributed by atoms with Crippen LogP contribution >= 0.6 is 0 Å². The second-order valence-corrected chi connectivity index (χ2v) is 8.59. The first-order valence-electron chi connectivity index (χ1n) is 11.1. The van der Waals surface area contributed by atoms with Crippen molar-refractivity contribution in [3.05, 3.63) is 65.7 Å². The van der Waals surface area contributed by atoms with E-state index in [1.54, 1.807) is 12.4 Å². The van der Waals surface area contributed by atoms with Gasteiger partial charge in [-0.3, -0.25) is 4.79 Å². The average Bonchev–Trinajstić information content (AvgIpc) is 3.25. The number of halogens is 2. The maximum Gasteiger partial charge on any atom is 0.268 e. The van der Waals surface area contributed by atoms with E-state index in [9.17, 15) is 13.6 Å². The number of amides is 1. The Balaban J connectivity index is 1.35. The van der Waals surface area contributed by atoms with Crippen molar-refractivity contribution in [3.63, 3.8) is 0 Å². The van der Waals surface area contributed by atoms with Crippen LogP contribution in [-0.4, -0.2) is 33.5 Å². The molecule has 2 fully saturated rings. The summed E-state index contributed by atoms with van der Waals surface area (Å²) in [6.45, 7) is 2.72. The van der Waals surface area contributed by atoms with Gasteiger partial charge in [0.2, 0.25) is 5.95 Å². The molecule has 1 saturated carbocycles. The lowest BCUT2D eigenvalue weighted by molar-refractivity contribution is 0.0941. The maximum absolute atomic E-state index is 13.9. The minimum atomic E-state index is -0.672. The minimum absolute atomic E-state index is 0.0114. The number of benzene rings is 1. The average molecular weight is 437 g/mol.